The average Bonchev–Trinajstić information content (AvgIpc) is 3.12. The van der Waals surface area contributed by atoms with Gasteiger partial charge in [-0.1, -0.05) is 10.1 Å². The molecule has 0 spiro atoms. The van der Waals surface area contributed by atoms with E-state index in [1.165, 1.54) is 0 Å². The molecule has 0 aromatic carbocycles. The summed E-state index contributed by atoms with van der Waals surface area (Å²) in [6.45, 7) is -1.64. The van der Waals surface area contributed by atoms with Gasteiger partial charge in [-0.15, -0.1) is 8.67 Å². The number of ether oxygens (including phenoxy) is 3. The molecule has 2 aliphatic rings. The average molecular weight is 661 g/mol. The molecule has 2 heterocycles. The van der Waals surface area contributed by atoms with Crippen LogP contribution in [0.5, 0.6) is 0 Å². The molecule has 0 radical (unpaired) electrons. The predicted octanol–water partition coefficient (Wildman–Crippen LogP) is -2.95. The van der Waals surface area contributed by atoms with Crippen LogP contribution in [0.4, 0.5) is 0 Å². The second-order valence-electron chi connectivity index (χ2n) is 7.03. The van der Waals surface area contributed by atoms with Crippen LogP contribution in [0.1, 0.15) is 0 Å². The van der Waals surface area contributed by atoms with Gasteiger partial charge in [-0.2, -0.15) is 16.8 Å². The van der Waals surface area contributed by atoms with Crippen molar-refractivity contribution in [2.75, 3.05) is 13.2 Å². The molecular formula is C12H20O23S4. The van der Waals surface area contributed by atoms with E-state index in [-0.39, 0.29) is 24.6 Å². The molecule has 230 valence electrons. The number of carboxylic acid groups (broad SMARTS) is 1. The summed E-state index contributed by atoms with van der Waals surface area (Å²) in [6.07, 6.45) is -17.9. The highest BCUT2D eigenvalue weighted by atomic mass is 32.3. The molecule has 0 aromatic heterocycles. The summed E-state index contributed by atoms with van der Waals surface area (Å²) in [5, 5.41) is 53.5. The Bertz CT molecular complexity index is 976. The fourth-order valence-electron chi connectivity index (χ4n) is 3.25. The second kappa shape index (κ2) is 15.6. The van der Waals surface area contributed by atoms with Crippen LogP contribution in [-0.2, 0) is 75.3 Å². The Morgan fingerprint density at radius 1 is 0.821 bits per heavy atom. The van der Waals surface area contributed by atoms with E-state index in [1.807, 2.05) is 0 Å². The maximum Gasteiger partial charge on any atom is 0.397 e. The molecule has 23 nitrogen and oxygen atoms in total. The highest BCUT2D eigenvalue weighted by molar-refractivity contribution is 7.89. The Hall–Kier alpha value is -0.610. The number of aliphatic carboxylic acids is 1. The fourth-order valence-corrected chi connectivity index (χ4v) is 4.66. The van der Waals surface area contributed by atoms with Gasteiger partial charge in [0.25, 0.3) is 0 Å². The van der Waals surface area contributed by atoms with E-state index in [1.54, 1.807) is 0 Å². The van der Waals surface area contributed by atoms with Crippen molar-refractivity contribution < 1.29 is 106 Å². The number of carboxylic acids is 1. The zero-order valence-corrected chi connectivity index (χ0v) is 21.7. The molecule has 39 heavy (non-hydrogen) atoms. The molecule has 0 aliphatic carbocycles. The third kappa shape index (κ3) is 11.0. The van der Waals surface area contributed by atoms with Gasteiger partial charge in [0.05, 0.1) is 13.2 Å². The van der Waals surface area contributed by atoms with Crippen LogP contribution < -0.4 is 0 Å². The largest absolute Gasteiger partial charge is 0.479 e. The van der Waals surface area contributed by atoms with Gasteiger partial charge in [0.2, 0.25) is 0 Å². The van der Waals surface area contributed by atoms with Crippen molar-refractivity contribution >= 4 is 51.4 Å². The monoisotopic (exact) mass is 660 g/mol. The molecule has 0 aromatic rings. The lowest BCUT2D eigenvalue weighted by molar-refractivity contribution is -0.435. The summed E-state index contributed by atoms with van der Waals surface area (Å²) < 4.78 is 104. The van der Waals surface area contributed by atoms with E-state index >= 15 is 0 Å². The van der Waals surface area contributed by atoms with Crippen LogP contribution in [0.3, 0.4) is 0 Å². The van der Waals surface area contributed by atoms with Gasteiger partial charge in [0, 0.05) is 0 Å². The Kier molecular flexibility index (Phi) is 13.8. The quantitative estimate of drug-likeness (QED) is 0.0269. The van der Waals surface area contributed by atoms with Crippen LogP contribution in [0.25, 0.3) is 0 Å². The van der Waals surface area contributed by atoms with E-state index in [9.17, 15) is 36.9 Å². The van der Waals surface area contributed by atoms with E-state index in [0.29, 0.717) is 0 Å². The first-order chi connectivity index (χ1) is 18.2. The molecule has 2 rings (SSSR count). The maximum atomic E-state index is 11.7. The van der Waals surface area contributed by atoms with Crippen molar-refractivity contribution in [1.82, 2.24) is 0 Å². The topological polar surface area (TPSA) is 328 Å². The van der Waals surface area contributed by atoms with Crippen molar-refractivity contribution in [3.05, 3.63) is 0 Å². The molecular weight excluding hydrogens is 640 g/mol. The molecule has 0 saturated carbocycles. The Morgan fingerprint density at radius 3 is 2.03 bits per heavy atom. The van der Waals surface area contributed by atoms with Gasteiger partial charge >= 0.3 is 26.8 Å². The smallest absolute Gasteiger partial charge is 0.397 e. The lowest BCUT2D eigenvalue weighted by Crippen LogP contribution is -2.63. The Balaban J connectivity index is 2.32. The summed E-state index contributed by atoms with van der Waals surface area (Å²) >= 11 is -0.196. The summed E-state index contributed by atoms with van der Waals surface area (Å²) in [7, 11) is -10.4. The lowest BCUT2D eigenvalue weighted by Gasteiger charge is -2.42. The SMILES string of the molecule is O=C(O)C1OC(OC2C(COSOOO)OC(COS(=O)(=O)O)C2O)C(OS(=O)(=O)O)C(O)C1OSOOO. The van der Waals surface area contributed by atoms with Crippen molar-refractivity contribution in [3.63, 3.8) is 0 Å². The molecule has 2 saturated heterocycles. The molecule has 9 atom stereocenters. The van der Waals surface area contributed by atoms with Crippen LogP contribution in [0.15, 0.2) is 0 Å². The van der Waals surface area contributed by atoms with Crippen LogP contribution in [0.2, 0.25) is 0 Å². The molecule has 0 bridgehead atoms. The number of rotatable bonds is 17. The highest BCUT2D eigenvalue weighted by Crippen LogP contribution is 2.34. The Morgan fingerprint density at radius 2 is 1.46 bits per heavy atom. The van der Waals surface area contributed by atoms with Gasteiger partial charge < -0.3 is 29.5 Å². The van der Waals surface area contributed by atoms with E-state index in [2.05, 4.69) is 27.1 Å². The van der Waals surface area contributed by atoms with E-state index in [4.69, 9.17) is 42.2 Å². The normalized spacial score (nSPS) is 33.8. The lowest BCUT2D eigenvalue weighted by atomic mass is 9.98. The van der Waals surface area contributed by atoms with Gasteiger partial charge in [-0.3, -0.25) is 17.5 Å². The highest BCUT2D eigenvalue weighted by Gasteiger charge is 2.55. The Labute approximate surface area is 226 Å². The van der Waals surface area contributed by atoms with Crippen molar-refractivity contribution in [2.45, 2.75) is 55.1 Å². The minimum Gasteiger partial charge on any atom is -0.479 e. The van der Waals surface area contributed by atoms with Crippen LogP contribution >= 0.6 is 24.6 Å². The van der Waals surface area contributed by atoms with Gasteiger partial charge in [-0.05, 0) is 0 Å². The minimum absolute atomic E-state index is 0.0298. The zero-order valence-electron chi connectivity index (χ0n) is 18.4. The molecule has 9 unspecified atom stereocenters. The number of aliphatic hydroxyl groups excluding tert-OH is 2. The van der Waals surface area contributed by atoms with Crippen molar-refractivity contribution in [1.29, 1.82) is 0 Å². The zero-order chi connectivity index (χ0) is 29.4. The standard InChI is InChI=1S/C12H20O23S4/c13-5-3(2-26-38(19,20)21)27-4(1-25-36-34-32-17)7(5)28-12-9(31-39(22,23)24)6(14)8(30-37-35-33-18)10(29-12)11(15)16/h3-10,12-14,17-18H,1-2H2,(H,15,16)(H,19,20,21)(H,22,23,24). The van der Waals surface area contributed by atoms with Gasteiger partial charge in [0.15, 0.2) is 43.1 Å². The minimum atomic E-state index is -5.41. The molecule has 2 fully saturated rings. The number of aliphatic hydroxyl groups is 2. The number of hydrogen-bond donors (Lipinski definition) is 7. The predicted molar refractivity (Wildman–Crippen MR) is 111 cm³/mol. The third-order valence-electron chi connectivity index (χ3n) is 4.65. The first-order valence-corrected chi connectivity index (χ1v) is 13.6. The first kappa shape index (κ1) is 34.6. The summed E-state index contributed by atoms with van der Waals surface area (Å²) in [5.74, 6) is -1.83. The third-order valence-corrected chi connectivity index (χ3v) is 6.32. The summed E-state index contributed by atoms with van der Waals surface area (Å²) in [5.41, 5.74) is 0. The van der Waals surface area contributed by atoms with Gasteiger partial charge in [-0.25, -0.2) is 23.7 Å². The fraction of sp³-hybridized carbons (Fsp3) is 0.917. The molecule has 2 aliphatic heterocycles. The van der Waals surface area contributed by atoms with Crippen molar-refractivity contribution in [3.8, 4) is 0 Å². The molecule has 27 heteroatoms. The van der Waals surface area contributed by atoms with E-state index < -0.39 is 95.1 Å². The molecule has 0 amide bonds. The van der Waals surface area contributed by atoms with Crippen LogP contribution in [0, 0.1) is 0 Å². The maximum absolute atomic E-state index is 11.7. The first-order valence-electron chi connectivity index (χ1n) is 9.58. The second-order valence-corrected chi connectivity index (χ2v) is 10.1. The molecule has 7 N–H and O–H groups in total. The number of carbonyl (C=O) groups is 1. The summed E-state index contributed by atoms with van der Waals surface area (Å²) in [4.78, 5) is 11.7. The van der Waals surface area contributed by atoms with Gasteiger partial charge in [0.1, 0.15) is 36.6 Å². The van der Waals surface area contributed by atoms with Crippen LogP contribution in [-0.4, -0.2) is 126 Å². The number of hydrogen-bond acceptors (Lipinski definition) is 22. The van der Waals surface area contributed by atoms with E-state index in [0.717, 1.165) is 0 Å². The summed E-state index contributed by atoms with van der Waals surface area (Å²) in [6, 6.07) is 0. The van der Waals surface area contributed by atoms with Crippen molar-refractivity contribution in [2.24, 2.45) is 0 Å².